The molecular formula is C20H15N3O4S2. The number of ether oxygens (including phenoxy) is 1. The van der Waals surface area contributed by atoms with Crippen molar-refractivity contribution in [2.45, 2.75) is 13.0 Å². The number of hydrogen-bond acceptors (Lipinski definition) is 8. The van der Waals surface area contributed by atoms with Gasteiger partial charge < -0.3 is 14.5 Å². The molecule has 4 aromatic rings. The molecule has 0 aliphatic carbocycles. The standard InChI is InChI=1S/C20H15N3O4S2/c1-12(18-22-23-19(27-18)16-5-3-11-29-16)26-20(25)13-6-8-14(9-7-13)21-17(24)15-4-2-10-28-15/h2-12H,1H3,(H,21,24). The van der Waals surface area contributed by atoms with Crippen LogP contribution >= 0.6 is 22.7 Å². The molecule has 0 spiro atoms. The molecule has 146 valence electrons. The minimum absolute atomic E-state index is 0.193. The Morgan fingerprint density at radius 1 is 1.03 bits per heavy atom. The van der Waals surface area contributed by atoms with Crippen molar-refractivity contribution in [1.82, 2.24) is 10.2 Å². The first kappa shape index (κ1) is 19.0. The Morgan fingerprint density at radius 2 is 1.79 bits per heavy atom. The zero-order chi connectivity index (χ0) is 20.2. The predicted molar refractivity (Wildman–Crippen MR) is 110 cm³/mol. The molecule has 4 rings (SSSR count). The predicted octanol–water partition coefficient (Wildman–Crippen LogP) is 5.03. The van der Waals surface area contributed by atoms with Crippen LogP contribution in [0.1, 0.15) is 38.9 Å². The number of aromatic nitrogens is 2. The molecule has 1 atom stereocenters. The monoisotopic (exact) mass is 425 g/mol. The lowest BCUT2D eigenvalue weighted by Gasteiger charge is -2.10. The van der Waals surface area contributed by atoms with Crippen molar-refractivity contribution in [1.29, 1.82) is 0 Å². The third kappa shape index (κ3) is 4.41. The maximum absolute atomic E-state index is 12.4. The van der Waals surface area contributed by atoms with Crippen LogP contribution < -0.4 is 5.32 Å². The first-order valence-corrected chi connectivity index (χ1v) is 10.4. The van der Waals surface area contributed by atoms with Crippen LogP contribution in [0.5, 0.6) is 0 Å². The van der Waals surface area contributed by atoms with Crippen molar-refractivity contribution >= 4 is 40.2 Å². The highest BCUT2D eigenvalue weighted by Gasteiger charge is 2.20. The number of carbonyl (C=O) groups is 2. The molecule has 9 heteroatoms. The van der Waals surface area contributed by atoms with Gasteiger partial charge in [-0.3, -0.25) is 4.79 Å². The Morgan fingerprint density at radius 3 is 2.48 bits per heavy atom. The normalized spacial score (nSPS) is 11.8. The van der Waals surface area contributed by atoms with Crippen LogP contribution in [0.2, 0.25) is 0 Å². The molecule has 29 heavy (non-hydrogen) atoms. The Balaban J connectivity index is 1.37. The average molecular weight is 425 g/mol. The lowest BCUT2D eigenvalue weighted by atomic mass is 10.2. The summed E-state index contributed by atoms with van der Waals surface area (Å²) in [6, 6.07) is 13.8. The molecule has 0 saturated carbocycles. The van der Waals surface area contributed by atoms with E-state index in [-0.39, 0.29) is 11.8 Å². The van der Waals surface area contributed by atoms with E-state index in [9.17, 15) is 9.59 Å². The van der Waals surface area contributed by atoms with E-state index >= 15 is 0 Å². The van der Waals surface area contributed by atoms with E-state index in [1.54, 1.807) is 37.3 Å². The van der Waals surface area contributed by atoms with E-state index in [1.165, 1.54) is 22.7 Å². The fourth-order valence-corrected chi connectivity index (χ4v) is 3.73. The van der Waals surface area contributed by atoms with Crippen LogP contribution in [0, 0.1) is 0 Å². The fourth-order valence-electron chi connectivity index (χ4n) is 2.47. The smallest absolute Gasteiger partial charge is 0.338 e. The zero-order valence-corrected chi connectivity index (χ0v) is 16.8. The molecule has 3 heterocycles. The number of hydrogen-bond donors (Lipinski definition) is 1. The van der Waals surface area contributed by atoms with Gasteiger partial charge in [0.25, 0.3) is 17.7 Å². The highest BCUT2D eigenvalue weighted by atomic mass is 32.1. The summed E-state index contributed by atoms with van der Waals surface area (Å²) in [5.74, 6) is -0.100. The number of nitrogens with one attached hydrogen (secondary N) is 1. The first-order valence-electron chi connectivity index (χ1n) is 8.63. The fraction of sp³-hybridized carbons (Fsp3) is 0.100. The van der Waals surface area contributed by atoms with E-state index < -0.39 is 12.1 Å². The van der Waals surface area contributed by atoms with E-state index in [0.29, 0.717) is 22.0 Å². The lowest BCUT2D eigenvalue weighted by Crippen LogP contribution is -2.11. The molecule has 3 aromatic heterocycles. The SMILES string of the molecule is CC(OC(=O)c1ccc(NC(=O)c2cccs2)cc1)c1nnc(-c2cccs2)o1. The Hall–Kier alpha value is -3.30. The van der Waals surface area contributed by atoms with E-state index in [4.69, 9.17) is 9.15 Å². The Bertz CT molecular complexity index is 1100. The van der Waals surface area contributed by atoms with Crippen molar-refractivity contribution in [3.05, 3.63) is 75.6 Å². The van der Waals surface area contributed by atoms with Crippen molar-refractivity contribution < 1.29 is 18.7 Å². The molecule has 0 aliphatic rings. The van der Waals surface area contributed by atoms with Gasteiger partial charge in [0, 0.05) is 5.69 Å². The van der Waals surface area contributed by atoms with Gasteiger partial charge in [0.15, 0.2) is 6.10 Å². The molecule has 0 radical (unpaired) electrons. The van der Waals surface area contributed by atoms with Crippen LogP contribution in [0.3, 0.4) is 0 Å². The minimum atomic E-state index is -0.693. The molecule has 1 unspecified atom stereocenters. The summed E-state index contributed by atoms with van der Waals surface area (Å²) < 4.78 is 11.0. The number of nitrogens with zero attached hydrogens (tertiary/aromatic N) is 2. The first-order chi connectivity index (χ1) is 14.1. The number of amides is 1. The maximum Gasteiger partial charge on any atom is 0.338 e. The van der Waals surface area contributed by atoms with Crippen molar-refractivity contribution in [2.24, 2.45) is 0 Å². The largest absolute Gasteiger partial charge is 0.449 e. The van der Waals surface area contributed by atoms with E-state index in [1.807, 2.05) is 29.0 Å². The second-order valence-corrected chi connectivity index (χ2v) is 7.87. The van der Waals surface area contributed by atoms with Gasteiger partial charge in [0.1, 0.15) is 0 Å². The third-order valence-electron chi connectivity index (χ3n) is 3.93. The van der Waals surface area contributed by atoms with Crippen LogP contribution in [0.4, 0.5) is 5.69 Å². The van der Waals surface area contributed by atoms with Crippen molar-refractivity contribution in [3.8, 4) is 10.8 Å². The average Bonchev–Trinajstić information content (AvgIpc) is 3.50. The molecule has 0 aliphatic heterocycles. The van der Waals surface area contributed by atoms with Gasteiger partial charge in [-0.15, -0.1) is 32.9 Å². The zero-order valence-electron chi connectivity index (χ0n) is 15.2. The topological polar surface area (TPSA) is 94.3 Å². The summed E-state index contributed by atoms with van der Waals surface area (Å²) in [7, 11) is 0. The van der Waals surface area contributed by atoms with Crippen molar-refractivity contribution in [2.75, 3.05) is 5.32 Å². The van der Waals surface area contributed by atoms with E-state index in [0.717, 1.165) is 4.88 Å². The molecular weight excluding hydrogens is 410 g/mol. The molecule has 0 saturated heterocycles. The summed E-state index contributed by atoms with van der Waals surface area (Å²) >= 11 is 2.84. The number of anilines is 1. The summed E-state index contributed by atoms with van der Waals surface area (Å²) in [6.45, 7) is 1.67. The minimum Gasteiger partial charge on any atom is -0.449 e. The van der Waals surface area contributed by atoms with Gasteiger partial charge in [0.05, 0.1) is 15.3 Å². The lowest BCUT2D eigenvalue weighted by molar-refractivity contribution is 0.0280. The van der Waals surface area contributed by atoms with Crippen LogP contribution in [-0.2, 0) is 4.74 Å². The van der Waals surface area contributed by atoms with Gasteiger partial charge in [-0.05, 0) is 54.1 Å². The molecule has 1 aromatic carbocycles. The van der Waals surface area contributed by atoms with Gasteiger partial charge >= 0.3 is 5.97 Å². The number of carbonyl (C=O) groups excluding carboxylic acids is 2. The Kier molecular flexibility index (Phi) is 5.50. The summed E-state index contributed by atoms with van der Waals surface area (Å²) in [4.78, 5) is 25.9. The van der Waals surface area contributed by atoms with Crippen LogP contribution in [0.15, 0.2) is 63.7 Å². The summed E-state index contributed by atoms with van der Waals surface area (Å²) in [6.07, 6.45) is -0.693. The number of esters is 1. The number of rotatable bonds is 6. The third-order valence-corrected chi connectivity index (χ3v) is 5.65. The van der Waals surface area contributed by atoms with Crippen LogP contribution in [-0.4, -0.2) is 22.1 Å². The van der Waals surface area contributed by atoms with Gasteiger partial charge in [0.2, 0.25) is 0 Å². The number of benzene rings is 1. The molecule has 1 amide bonds. The van der Waals surface area contributed by atoms with Crippen molar-refractivity contribution in [3.63, 3.8) is 0 Å². The second-order valence-electron chi connectivity index (χ2n) is 5.98. The quantitative estimate of drug-likeness (QED) is 0.436. The summed E-state index contributed by atoms with van der Waals surface area (Å²) in [5.41, 5.74) is 0.939. The number of thiophene rings is 2. The van der Waals surface area contributed by atoms with Crippen LogP contribution in [0.25, 0.3) is 10.8 Å². The molecule has 7 nitrogen and oxygen atoms in total. The van der Waals surface area contributed by atoms with Gasteiger partial charge in [-0.25, -0.2) is 4.79 Å². The highest BCUT2D eigenvalue weighted by molar-refractivity contribution is 7.13. The Labute approximate surface area is 174 Å². The molecule has 0 fully saturated rings. The summed E-state index contributed by atoms with van der Waals surface area (Å²) in [5, 5.41) is 14.5. The van der Waals surface area contributed by atoms with Gasteiger partial charge in [-0.2, -0.15) is 0 Å². The maximum atomic E-state index is 12.4. The molecule has 1 N–H and O–H groups in total. The van der Waals surface area contributed by atoms with E-state index in [2.05, 4.69) is 15.5 Å². The molecule has 0 bridgehead atoms. The van der Waals surface area contributed by atoms with Gasteiger partial charge in [-0.1, -0.05) is 12.1 Å². The second kappa shape index (κ2) is 8.38. The highest BCUT2D eigenvalue weighted by Crippen LogP contribution is 2.26.